The van der Waals surface area contributed by atoms with Crippen LogP contribution in [0.5, 0.6) is 0 Å². The molecule has 2 aromatic carbocycles. The summed E-state index contributed by atoms with van der Waals surface area (Å²) in [4.78, 5) is 14.6. The molecule has 4 aliphatic rings. The predicted octanol–water partition coefficient (Wildman–Crippen LogP) is 6.34. The Hall–Kier alpha value is -2.61. The monoisotopic (exact) mass is 395 g/mol. The van der Waals surface area contributed by atoms with E-state index in [9.17, 15) is 4.79 Å². The standard InChI is InChI=1S/C28H29NO/c1-26(2)17-9-7-11-19-23(17)29-24-18(26)10-8-12-20(24)28(5,6)22-14-16(15-30)13-21(25(22)29)27(19,3)4/h7-15,17,23H,1-6H3. The van der Waals surface area contributed by atoms with Crippen LogP contribution in [0.1, 0.15) is 74.2 Å². The molecular formula is C28H29NO. The molecule has 1 aliphatic carbocycles. The lowest BCUT2D eigenvalue weighted by Gasteiger charge is -2.61. The van der Waals surface area contributed by atoms with Crippen molar-refractivity contribution in [2.45, 2.75) is 63.8 Å². The minimum absolute atomic E-state index is 0.0480. The van der Waals surface area contributed by atoms with E-state index in [1.165, 1.54) is 39.2 Å². The largest absolute Gasteiger partial charge is 0.332 e. The quantitative estimate of drug-likeness (QED) is 0.525. The van der Waals surface area contributed by atoms with Crippen LogP contribution in [0.3, 0.4) is 0 Å². The van der Waals surface area contributed by atoms with E-state index in [-0.39, 0.29) is 16.2 Å². The first-order valence-corrected chi connectivity index (χ1v) is 11.1. The normalized spacial score (nSPS) is 27.3. The number of carbonyl (C=O) groups is 1. The van der Waals surface area contributed by atoms with E-state index in [1.54, 1.807) is 0 Å². The maximum atomic E-state index is 11.9. The fraction of sp³-hybridized carbons (Fsp3) is 0.393. The van der Waals surface area contributed by atoms with Crippen LogP contribution in [-0.4, -0.2) is 12.3 Å². The summed E-state index contributed by atoms with van der Waals surface area (Å²) in [6.45, 7) is 14.2. The van der Waals surface area contributed by atoms with E-state index in [0.717, 1.165) is 11.8 Å². The van der Waals surface area contributed by atoms with Crippen molar-refractivity contribution >= 4 is 17.7 Å². The summed E-state index contributed by atoms with van der Waals surface area (Å²) in [5.41, 5.74) is 10.1. The van der Waals surface area contributed by atoms with E-state index in [2.05, 4.69) is 95.0 Å². The zero-order chi connectivity index (χ0) is 21.2. The molecule has 0 radical (unpaired) electrons. The van der Waals surface area contributed by atoms with Crippen LogP contribution in [0.25, 0.3) is 0 Å². The second-order valence-electron chi connectivity index (χ2n) is 11.1. The van der Waals surface area contributed by atoms with Gasteiger partial charge in [-0.2, -0.15) is 0 Å². The molecule has 2 atom stereocenters. The Kier molecular flexibility index (Phi) is 3.13. The molecule has 30 heavy (non-hydrogen) atoms. The molecule has 0 saturated heterocycles. The molecule has 0 aromatic heterocycles. The van der Waals surface area contributed by atoms with Crippen LogP contribution in [-0.2, 0) is 16.2 Å². The molecule has 152 valence electrons. The zero-order valence-electron chi connectivity index (χ0n) is 18.7. The lowest BCUT2D eigenvalue weighted by molar-refractivity contribution is 0.112. The van der Waals surface area contributed by atoms with Gasteiger partial charge >= 0.3 is 0 Å². The number of aldehydes is 1. The molecule has 0 spiro atoms. The third-order valence-electron chi connectivity index (χ3n) is 8.59. The van der Waals surface area contributed by atoms with Crippen LogP contribution < -0.4 is 4.90 Å². The van der Waals surface area contributed by atoms with E-state index in [1.807, 2.05) is 0 Å². The van der Waals surface area contributed by atoms with E-state index in [4.69, 9.17) is 0 Å². The van der Waals surface area contributed by atoms with E-state index in [0.29, 0.717) is 12.0 Å². The maximum Gasteiger partial charge on any atom is 0.150 e. The number of allylic oxidation sites excluding steroid dienone is 2. The molecule has 0 saturated carbocycles. The number of carbonyl (C=O) groups excluding carboxylic acids is 1. The number of hydrogen-bond acceptors (Lipinski definition) is 2. The molecule has 2 nitrogen and oxygen atoms in total. The summed E-state index contributed by atoms with van der Waals surface area (Å²) >= 11 is 0. The van der Waals surface area contributed by atoms with Crippen LogP contribution >= 0.6 is 0 Å². The Morgan fingerprint density at radius 3 is 2.20 bits per heavy atom. The van der Waals surface area contributed by atoms with Crippen molar-refractivity contribution in [2.24, 2.45) is 5.92 Å². The molecule has 3 aliphatic heterocycles. The van der Waals surface area contributed by atoms with Gasteiger partial charge in [0.2, 0.25) is 0 Å². The van der Waals surface area contributed by atoms with Crippen LogP contribution in [0, 0.1) is 5.92 Å². The highest BCUT2D eigenvalue weighted by molar-refractivity contribution is 5.91. The number of rotatable bonds is 1. The molecule has 0 amide bonds. The third kappa shape index (κ3) is 1.81. The summed E-state index contributed by atoms with van der Waals surface area (Å²) in [7, 11) is 0. The minimum atomic E-state index is -0.157. The van der Waals surface area contributed by atoms with Gasteiger partial charge in [0.25, 0.3) is 0 Å². The van der Waals surface area contributed by atoms with Gasteiger partial charge in [-0.1, -0.05) is 78.0 Å². The van der Waals surface area contributed by atoms with Crippen molar-refractivity contribution in [3.8, 4) is 0 Å². The van der Waals surface area contributed by atoms with Crippen LogP contribution in [0.15, 0.2) is 54.1 Å². The van der Waals surface area contributed by atoms with Crippen molar-refractivity contribution < 1.29 is 4.79 Å². The average Bonchev–Trinajstić information content (AvgIpc) is 2.71. The summed E-state index contributed by atoms with van der Waals surface area (Å²) in [6.07, 6.45) is 8.03. The highest BCUT2D eigenvalue weighted by atomic mass is 16.1. The number of hydrogen-bond donors (Lipinski definition) is 0. The first-order chi connectivity index (χ1) is 14.1. The zero-order valence-corrected chi connectivity index (χ0v) is 18.7. The summed E-state index contributed by atoms with van der Waals surface area (Å²) in [5, 5.41) is 0. The Morgan fingerprint density at radius 2 is 1.50 bits per heavy atom. The topological polar surface area (TPSA) is 20.3 Å². The van der Waals surface area contributed by atoms with Gasteiger partial charge in [0.1, 0.15) is 6.29 Å². The Morgan fingerprint density at radius 1 is 0.867 bits per heavy atom. The fourth-order valence-corrected chi connectivity index (χ4v) is 6.82. The summed E-state index contributed by atoms with van der Waals surface area (Å²) in [5.74, 6) is 0.410. The van der Waals surface area contributed by atoms with Gasteiger partial charge < -0.3 is 4.90 Å². The van der Waals surface area contributed by atoms with Gasteiger partial charge in [0.15, 0.2) is 0 Å². The Bertz CT molecular complexity index is 1210. The van der Waals surface area contributed by atoms with Gasteiger partial charge in [-0.15, -0.1) is 0 Å². The van der Waals surface area contributed by atoms with E-state index >= 15 is 0 Å². The second-order valence-corrected chi connectivity index (χ2v) is 11.1. The van der Waals surface area contributed by atoms with Gasteiger partial charge in [-0.25, -0.2) is 0 Å². The molecule has 3 heterocycles. The van der Waals surface area contributed by atoms with Gasteiger partial charge in [0, 0.05) is 39.1 Å². The van der Waals surface area contributed by atoms with E-state index < -0.39 is 0 Å². The highest BCUT2D eigenvalue weighted by Gasteiger charge is 2.57. The van der Waals surface area contributed by atoms with Crippen molar-refractivity contribution in [3.05, 3.63) is 82.0 Å². The number of benzene rings is 2. The average molecular weight is 396 g/mol. The highest BCUT2D eigenvalue weighted by Crippen LogP contribution is 2.65. The van der Waals surface area contributed by atoms with Crippen molar-refractivity contribution in [1.82, 2.24) is 0 Å². The smallest absolute Gasteiger partial charge is 0.150 e. The molecule has 2 heteroatoms. The summed E-state index contributed by atoms with van der Waals surface area (Å²) < 4.78 is 0. The van der Waals surface area contributed by atoms with Crippen molar-refractivity contribution in [2.75, 3.05) is 4.90 Å². The first kappa shape index (κ1) is 18.2. The van der Waals surface area contributed by atoms with Crippen molar-refractivity contribution in [3.63, 3.8) is 0 Å². The minimum Gasteiger partial charge on any atom is -0.332 e. The molecule has 2 unspecified atom stereocenters. The van der Waals surface area contributed by atoms with Crippen molar-refractivity contribution in [1.29, 1.82) is 0 Å². The lowest BCUT2D eigenvalue weighted by Crippen LogP contribution is -2.59. The molecular weight excluding hydrogens is 366 g/mol. The first-order valence-electron chi connectivity index (χ1n) is 11.1. The molecule has 0 N–H and O–H groups in total. The number of para-hydroxylation sites is 1. The molecule has 2 aromatic rings. The summed E-state index contributed by atoms with van der Waals surface area (Å²) in [6, 6.07) is 11.5. The maximum absolute atomic E-state index is 11.9. The van der Waals surface area contributed by atoms with Gasteiger partial charge in [0.05, 0.1) is 6.04 Å². The number of nitrogens with zero attached hydrogens (tertiary/aromatic N) is 1. The fourth-order valence-electron chi connectivity index (χ4n) is 6.82. The SMILES string of the molecule is CC1(C)C2=CC=CC3C2N2c4c1cc(C=O)cc4C(C)(C)c1cccc(c12)C3(C)C. The van der Waals surface area contributed by atoms with Crippen LogP contribution in [0.2, 0.25) is 0 Å². The Balaban J connectivity index is 1.85. The van der Waals surface area contributed by atoms with Gasteiger partial charge in [-0.3, -0.25) is 4.79 Å². The van der Waals surface area contributed by atoms with Crippen LogP contribution in [0.4, 0.5) is 11.4 Å². The third-order valence-corrected chi connectivity index (χ3v) is 8.59. The molecule has 0 fully saturated rings. The second kappa shape index (κ2) is 5.17. The predicted molar refractivity (Wildman–Crippen MR) is 123 cm³/mol. The number of anilines is 2. The lowest BCUT2D eigenvalue weighted by atomic mass is 9.54. The molecule has 0 bridgehead atoms. The Labute approximate surface area is 179 Å². The molecule has 6 rings (SSSR count). The van der Waals surface area contributed by atoms with Gasteiger partial charge in [-0.05, 0) is 40.0 Å².